The van der Waals surface area contributed by atoms with Crippen LogP contribution in [0.5, 0.6) is 11.5 Å². The number of para-hydroxylation sites is 1. The van der Waals surface area contributed by atoms with Crippen molar-refractivity contribution >= 4 is 0 Å². The van der Waals surface area contributed by atoms with Crippen molar-refractivity contribution in [1.82, 2.24) is 0 Å². The van der Waals surface area contributed by atoms with E-state index in [9.17, 15) is 4.39 Å². The van der Waals surface area contributed by atoms with Crippen LogP contribution in [0.3, 0.4) is 0 Å². The molecule has 0 saturated carbocycles. The minimum Gasteiger partial charge on any atom is -0.497 e. The van der Waals surface area contributed by atoms with Crippen LogP contribution >= 0.6 is 0 Å². The van der Waals surface area contributed by atoms with Gasteiger partial charge < -0.3 is 15.2 Å². The zero-order chi connectivity index (χ0) is 14.5. The van der Waals surface area contributed by atoms with Crippen molar-refractivity contribution in [2.24, 2.45) is 5.73 Å². The zero-order valence-electron chi connectivity index (χ0n) is 11.6. The molecule has 0 fully saturated rings. The second-order valence-corrected chi connectivity index (χ2v) is 4.51. The Bertz CT molecular complexity index is 586. The average molecular weight is 275 g/mol. The van der Waals surface area contributed by atoms with E-state index in [4.69, 9.17) is 15.2 Å². The number of nitrogens with two attached hydrogens (primary N) is 1. The van der Waals surface area contributed by atoms with E-state index in [2.05, 4.69) is 0 Å². The van der Waals surface area contributed by atoms with E-state index in [1.165, 1.54) is 13.2 Å². The van der Waals surface area contributed by atoms with Gasteiger partial charge in [-0.3, -0.25) is 0 Å². The fourth-order valence-corrected chi connectivity index (χ4v) is 2.15. The summed E-state index contributed by atoms with van der Waals surface area (Å²) in [6.07, 6.45) is 0.507. The lowest BCUT2D eigenvalue weighted by molar-refractivity contribution is 0.406. The van der Waals surface area contributed by atoms with Crippen LogP contribution in [0.2, 0.25) is 0 Å². The van der Waals surface area contributed by atoms with E-state index in [1.807, 2.05) is 24.3 Å². The summed E-state index contributed by atoms with van der Waals surface area (Å²) in [7, 11) is 3.11. The first-order valence-electron chi connectivity index (χ1n) is 6.36. The van der Waals surface area contributed by atoms with Gasteiger partial charge in [0.15, 0.2) is 0 Å². The maximum atomic E-state index is 14.0. The fourth-order valence-electron chi connectivity index (χ4n) is 2.15. The third kappa shape index (κ3) is 3.08. The van der Waals surface area contributed by atoms with Crippen molar-refractivity contribution in [3.8, 4) is 11.5 Å². The smallest absolute Gasteiger partial charge is 0.131 e. The zero-order valence-corrected chi connectivity index (χ0v) is 11.6. The normalized spacial score (nSPS) is 12.0. The van der Waals surface area contributed by atoms with Gasteiger partial charge in [0.25, 0.3) is 0 Å². The summed E-state index contributed by atoms with van der Waals surface area (Å²) in [6, 6.07) is 11.9. The molecule has 0 aliphatic carbocycles. The number of hydrogen-bond donors (Lipinski definition) is 1. The molecule has 1 atom stereocenters. The molecule has 2 aromatic carbocycles. The largest absolute Gasteiger partial charge is 0.497 e. The van der Waals surface area contributed by atoms with Crippen LogP contribution in [-0.2, 0) is 6.42 Å². The van der Waals surface area contributed by atoms with Gasteiger partial charge in [-0.15, -0.1) is 0 Å². The van der Waals surface area contributed by atoms with Crippen LogP contribution in [0.15, 0.2) is 42.5 Å². The van der Waals surface area contributed by atoms with Gasteiger partial charge in [0.05, 0.1) is 14.2 Å². The van der Waals surface area contributed by atoms with Crippen LogP contribution in [0.4, 0.5) is 4.39 Å². The first-order valence-corrected chi connectivity index (χ1v) is 6.36. The first kappa shape index (κ1) is 14.3. The molecule has 3 nitrogen and oxygen atoms in total. The molecule has 2 N–H and O–H groups in total. The molecule has 2 aromatic rings. The minimum atomic E-state index is -0.433. The number of methoxy groups -OCH3 is 2. The third-order valence-electron chi connectivity index (χ3n) is 3.24. The quantitative estimate of drug-likeness (QED) is 0.912. The Morgan fingerprint density at radius 1 is 1.10 bits per heavy atom. The van der Waals surface area contributed by atoms with E-state index in [1.54, 1.807) is 19.2 Å². The maximum Gasteiger partial charge on any atom is 0.131 e. The van der Waals surface area contributed by atoms with Crippen molar-refractivity contribution in [3.05, 3.63) is 59.4 Å². The van der Waals surface area contributed by atoms with Crippen LogP contribution in [-0.4, -0.2) is 14.2 Å². The highest BCUT2D eigenvalue weighted by Gasteiger charge is 2.14. The maximum absolute atomic E-state index is 14.0. The van der Waals surface area contributed by atoms with Gasteiger partial charge in [0.1, 0.15) is 17.3 Å². The lowest BCUT2D eigenvalue weighted by atomic mass is 9.98. The second-order valence-electron chi connectivity index (χ2n) is 4.51. The van der Waals surface area contributed by atoms with Crippen molar-refractivity contribution in [2.75, 3.05) is 14.2 Å². The number of benzene rings is 2. The Balaban J connectivity index is 2.21. The highest BCUT2D eigenvalue weighted by Crippen LogP contribution is 2.26. The molecule has 0 aliphatic rings. The van der Waals surface area contributed by atoms with Crippen LogP contribution in [0.1, 0.15) is 17.2 Å². The van der Waals surface area contributed by atoms with E-state index >= 15 is 0 Å². The van der Waals surface area contributed by atoms with Crippen LogP contribution in [0, 0.1) is 5.82 Å². The molecule has 2 rings (SSSR count). The predicted octanol–water partition coefficient (Wildman–Crippen LogP) is 3.09. The number of hydrogen-bond acceptors (Lipinski definition) is 3. The summed E-state index contributed by atoms with van der Waals surface area (Å²) in [4.78, 5) is 0. The van der Waals surface area contributed by atoms with E-state index < -0.39 is 6.04 Å². The second kappa shape index (κ2) is 6.39. The van der Waals surface area contributed by atoms with Crippen molar-refractivity contribution < 1.29 is 13.9 Å². The van der Waals surface area contributed by atoms with Crippen LogP contribution in [0.25, 0.3) is 0 Å². The monoisotopic (exact) mass is 275 g/mol. The van der Waals surface area contributed by atoms with Gasteiger partial charge >= 0.3 is 0 Å². The fraction of sp³-hybridized carbons (Fsp3) is 0.250. The van der Waals surface area contributed by atoms with Crippen molar-refractivity contribution in [1.29, 1.82) is 0 Å². The molecular weight excluding hydrogens is 257 g/mol. The standard InChI is InChI=1S/C16H18FNO2/c1-19-12-7-8-13(14(17)10-12)15(18)9-11-5-3-4-6-16(11)20-2/h3-8,10,15H,9,18H2,1-2H3. The van der Waals surface area contributed by atoms with Gasteiger partial charge in [0, 0.05) is 17.7 Å². The molecule has 1 unspecified atom stereocenters. The molecule has 0 heterocycles. The Hall–Kier alpha value is -2.07. The Morgan fingerprint density at radius 2 is 1.85 bits per heavy atom. The molecule has 106 valence electrons. The SMILES string of the molecule is COc1ccc(C(N)Cc2ccccc2OC)c(F)c1. The van der Waals surface area contributed by atoms with Gasteiger partial charge in [0.2, 0.25) is 0 Å². The lowest BCUT2D eigenvalue weighted by Crippen LogP contribution is -2.15. The van der Waals surface area contributed by atoms with E-state index in [-0.39, 0.29) is 5.82 Å². The molecule has 0 bridgehead atoms. The Labute approximate surface area is 118 Å². The molecule has 20 heavy (non-hydrogen) atoms. The summed E-state index contributed by atoms with van der Waals surface area (Å²) in [5.41, 5.74) is 7.53. The summed E-state index contributed by atoms with van der Waals surface area (Å²) < 4.78 is 24.2. The Kier molecular flexibility index (Phi) is 4.58. The summed E-state index contributed by atoms with van der Waals surface area (Å²) >= 11 is 0. The molecule has 0 saturated heterocycles. The first-order chi connectivity index (χ1) is 9.65. The summed E-state index contributed by atoms with van der Waals surface area (Å²) in [5, 5.41) is 0. The number of halogens is 1. The van der Waals surface area contributed by atoms with Gasteiger partial charge in [-0.2, -0.15) is 0 Å². The lowest BCUT2D eigenvalue weighted by Gasteiger charge is -2.15. The third-order valence-corrected chi connectivity index (χ3v) is 3.24. The molecule has 4 heteroatoms. The van der Waals surface area contributed by atoms with Crippen LogP contribution < -0.4 is 15.2 Å². The topological polar surface area (TPSA) is 44.5 Å². The molecule has 0 radical (unpaired) electrons. The van der Waals surface area contributed by atoms with Gasteiger partial charge in [-0.25, -0.2) is 4.39 Å². The van der Waals surface area contributed by atoms with Crippen molar-refractivity contribution in [2.45, 2.75) is 12.5 Å². The van der Waals surface area contributed by atoms with E-state index in [0.29, 0.717) is 17.7 Å². The molecular formula is C16H18FNO2. The van der Waals surface area contributed by atoms with Gasteiger partial charge in [-0.05, 0) is 24.1 Å². The number of ether oxygens (including phenoxy) is 2. The molecule has 0 aliphatic heterocycles. The Morgan fingerprint density at radius 3 is 2.50 bits per heavy atom. The van der Waals surface area contributed by atoms with Gasteiger partial charge in [-0.1, -0.05) is 24.3 Å². The summed E-state index contributed by atoms with van der Waals surface area (Å²) in [5.74, 6) is 0.888. The summed E-state index contributed by atoms with van der Waals surface area (Å²) in [6.45, 7) is 0. The highest BCUT2D eigenvalue weighted by molar-refractivity contribution is 5.36. The molecule has 0 aromatic heterocycles. The molecule has 0 spiro atoms. The van der Waals surface area contributed by atoms with Crippen molar-refractivity contribution in [3.63, 3.8) is 0 Å². The highest BCUT2D eigenvalue weighted by atomic mass is 19.1. The predicted molar refractivity (Wildman–Crippen MR) is 76.6 cm³/mol. The average Bonchev–Trinajstić information content (AvgIpc) is 2.47. The van der Waals surface area contributed by atoms with E-state index in [0.717, 1.165) is 11.3 Å². The molecule has 0 amide bonds. The minimum absolute atomic E-state index is 0.355. The number of rotatable bonds is 5.